The van der Waals surface area contributed by atoms with E-state index in [1.165, 1.54) is 0 Å². The molecule has 0 aromatic rings. The molecule has 0 heterocycles. The Labute approximate surface area is 68.0 Å². The van der Waals surface area contributed by atoms with Crippen molar-refractivity contribution in [1.29, 1.82) is 0 Å². The first-order chi connectivity index (χ1) is 5.36. The summed E-state index contributed by atoms with van der Waals surface area (Å²) in [5, 5.41) is 0. The standard InChI is InChI=1S/C8H17NO2/c1-3-10-8-5-7(6-8)9-11-4-2/h7-9H,3-6H2,1-2H3. The van der Waals surface area contributed by atoms with Gasteiger partial charge in [-0.3, -0.25) is 0 Å². The van der Waals surface area contributed by atoms with Crippen LogP contribution in [0.5, 0.6) is 0 Å². The Balaban J connectivity index is 1.92. The molecule has 0 unspecified atom stereocenters. The first-order valence-electron chi connectivity index (χ1n) is 4.35. The molecule has 3 nitrogen and oxygen atoms in total. The smallest absolute Gasteiger partial charge is 0.0654 e. The van der Waals surface area contributed by atoms with E-state index in [2.05, 4.69) is 5.48 Å². The molecular formula is C8H17NO2. The molecule has 0 amide bonds. The third-order valence-electron chi connectivity index (χ3n) is 1.89. The lowest BCUT2D eigenvalue weighted by Gasteiger charge is -2.34. The zero-order valence-electron chi connectivity index (χ0n) is 7.30. The van der Waals surface area contributed by atoms with Gasteiger partial charge in [-0.1, -0.05) is 0 Å². The van der Waals surface area contributed by atoms with E-state index in [0.717, 1.165) is 26.1 Å². The minimum Gasteiger partial charge on any atom is -0.378 e. The molecule has 1 N–H and O–H groups in total. The first-order valence-corrected chi connectivity index (χ1v) is 4.35. The summed E-state index contributed by atoms with van der Waals surface area (Å²) < 4.78 is 5.39. The maximum atomic E-state index is 5.39. The van der Waals surface area contributed by atoms with Gasteiger partial charge in [-0.2, -0.15) is 5.48 Å². The van der Waals surface area contributed by atoms with Crippen molar-refractivity contribution in [1.82, 2.24) is 5.48 Å². The monoisotopic (exact) mass is 159 g/mol. The van der Waals surface area contributed by atoms with Crippen molar-refractivity contribution in [2.45, 2.75) is 38.8 Å². The molecule has 0 aromatic heterocycles. The summed E-state index contributed by atoms with van der Waals surface area (Å²) in [6, 6.07) is 0.520. The Morgan fingerprint density at radius 1 is 1.27 bits per heavy atom. The average Bonchev–Trinajstić information content (AvgIpc) is 1.94. The molecule has 66 valence electrons. The number of rotatable bonds is 5. The topological polar surface area (TPSA) is 30.5 Å². The van der Waals surface area contributed by atoms with Crippen LogP contribution >= 0.6 is 0 Å². The molecular weight excluding hydrogens is 142 g/mol. The van der Waals surface area contributed by atoms with Gasteiger partial charge in [0, 0.05) is 12.6 Å². The van der Waals surface area contributed by atoms with Crippen LogP contribution in [0, 0.1) is 0 Å². The van der Waals surface area contributed by atoms with Crippen LogP contribution in [0.3, 0.4) is 0 Å². The summed E-state index contributed by atoms with van der Waals surface area (Å²) in [7, 11) is 0. The van der Waals surface area contributed by atoms with Crippen molar-refractivity contribution in [3.05, 3.63) is 0 Å². The molecule has 0 atom stereocenters. The summed E-state index contributed by atoms with van der Waals surface area (Å²) in [6.07, 6.45) is 2.65. The molecule has 0 spiro atoms. The van der Waals surface area contributed by atoms with Crippen molar-refractivity contribution in [2.75, 3.05) is 13.2 Å². The van der Waals surface area contributed by atoms with Gasteiger partial charge in [0.15, 0.2) is 0 Å². The van der Waals surface area contributed by atoms with E-state index in [-0.39, 0.29) is 0 Å². The zero-order chi connectivity index (χ0) is 8.10. The van der Waals surface area contributed by atoms with Gasteiger partial charge in [-0.25, -0.2) is 0 Å². The second kappa shape index (κ2) is 4.70. The Morgan fingerprint density at radius 2 is 2.00 bits per heavy atom. The highest BCUT2D eigenvalue weighted by Gasteiger charge is 2.29. The van der Waals surface area contributed by atoms with Crippen LogP contribution in [0.1, 0.15) is 26.7 Å². The van der Waals surface area contributed by atoms with Crippen LogP contribution in [0.2, 0.25) is 0 Å². The molecule has 0 radical (unpaired) electrons. The van der Waals surface area contributed by atoms with Gasteiger partial charge in [0.25, 0.3) is 0 Å². The molecule has 1 rings (SSSR count). The summed E-state index contributed by atoms with van der Waals surface area (Å²) in [4.78, 5) is 5.06. The summed E-state index contributed by atoms with van der Waals surface area (Å²) in [6.45, 7) is 5.57. The van der Waals surface area contributed by atoms with Gasteiger partial charge in [-0.05, 0) is 26.7 Å². The van der Waals surface area contributed by atoms with E-state index in [9.17, 15) is 0 Å². The molecule has 1 aliphatic carbocycles. The van der Waals surface area contributed by atoms with Crippen molar-refractivity contribution < 1.29 is 9.57 Å². The minimum absolute atomic E-state index is 0.470. The highest BCUT2D eigenvalue weighted by atomic mass is 16.6. The summed E-state index contributed by atoms with van der Waals surface area (Å²) in [5.74, 6) is 0. The van der Waals surface area contributed by atoms with Gasteiger partial charge in [-0.15, -0.1) is 0 Å². The predicted molar refractivity (Wildman–Crippen MR) is 43.2 cm³/mol. The fourth-order valence-electron chi connectivity index (χ4n) is 1.23. The Morgan fingerprint density at radius 3 is 2.55 bits per heavy atom. The lowest BCUT2D eigenvalue weighted by atomic mass is 9.90. The van der Waals surface area contributed by atoms with Crippen LogP contribution in [0.15, 0.2) is 0 Å². The molecule has 0 aromatic carbocycles. The summed E-state index contributed by atoms with van der Waals surface area (Å²) >= 11 is 0. The molecule has 1 aliphatic rings. The van der Waals surface area contributed by atoms with Gasteiger partial charge in [0.05, 0.1) is 12.7 Å². The SMILES string of the molecule is CCONC1CC(OCC)C1. The van der Waals surface area contributed by atoms with E-state index in [1.807, 2.05) is 13.8 Å². The maximum absolute atomic E-state index is 5.39. The second-order valence-electron chi connectivity index (χ2n) is 2.80. The van der Waals surface area contributed by atoms with E-state index in [0.29, 0.717) is 12.1 Å². The first kappa shape index (κ1) is 8.97. The predicted octanol–water partition coefficient (Wildman–Crippen LogP) is 1.09. The van der Waals surface area contributed by atoms with Crippen molar-refractivity contribution in [3.8, 4) is 0 Å². The largest absolute Gasteiger partial charge is 0.378 e. The summed E-state index contributed by atoms with van der Waals surface area (Å²) in [5.41, 5.74) is 2.98. The fraction of sp³-hybridized carbons (Fsp3) is 1.00. The molecule has 0 aliphatic heterocycles. The fourth-order valence-corrected chi connectivity index (χ4v) is 1.23. The van der Waals surface area contributed by atoms with E-state index in [4.69, 9.17) is 9.57 Å². The van der Waals surface area contributed by atoms with Crippen LogP contribution in [0.25, 0.3) is 0 Å². The average molecular weight is 159 g/mol. The van der Waals surface area contributed by atoms with Gasteiger partial charge >= 0.3 is 0 Å². The molecule has 3 heteroatoms. The maximum Gasteiger partial charge on any atom is 0.0654 e. The van der Waals surface area contributed by atoms with Crippen molar-refractivity contribution in [3.63, 3.8) is 0 Å². The van der Waals surface area contributed by atoms with Gasteiger partial charge in [0.2, 0.25) is 0 Å². The van der Waals surface area contributed by atoms with E-state index < -0.39 is 0 Å². The van der Waals surface area contributed by atoms with Crippen molar-refractivity contribution in [2.24, 2.45) is 0 Å². The highest BCUT2D eigenvalue weighted by molar-refractivity contribution is 4.83. The second-order valence-corrected chi connectivity index (χ2v) is 2.80. The van der Waals surface area contributed by atoms with Crippen molar-refractivity contribution >= 4 is 0 Å². The molecule has 0 bridgehead atoms. The number of hydrogen-bond donors (Lipinski definition) is 1. The van der Waals surface area contributed by atoms with E-state index in [1.54, 1.807) is 0 Å². The third-order valence-corrected chi connectivity index (χ3v) is 1.89. The lowest BCUT2D eigenvalue weighted by molar-refractivity contribution is -0.0668. The Kier molecular flexibility index (Phi) is 3.83. The highest BCUT2D eigenvalue weighted by Crippen LogP contribution is 2.22. The number of ether oxygens (including phenoxy) is 1. The molecule has 11 heavy (non-hydrogen) atoms. The normalized spacial score (nSPS) is 30.0. The molecule has 1 fully saturated rings. The zero-order valence-corrected chi connectivity index (χ0v) is 7.30. The van der Waals surface area contributed by atoms with Crippen LogP contribution in [-0.2, 0) is 9.57 Å². The van der Waals surface area contributed by atoms with Crippen LogP contribution in [-0.4, -0.2) is 25.4 Å². The quantitative estimate of drug-likeness (QED) is 0.609. The van der Waals surface area contributed by atoms with Crippen LogP contribution in [0.4, 0.5) is 0 Å². The number of hydrogen-bond acceptors (Lipinski definition) is 3. The van der Waals surface area contributed by atoms with Crippen LogP contribution < -0.4 is 5.48 Å². The third kappa shape index (κ3) is 2.77. The van der Waals surface area contributed by atoms with Gasteiger partial charge in [0.1, 0.15) is 0 Å². The number of hydroxylamine groups is 1. The number of nitrogens with one attached hydrogen (secondary N) is 1. The Hall–Kier alpha value is -0.120. The minimum atomic E-state index is 0.470. The van der Waals surface area contributed by atoms with E-state index >= 15 is 0 Å². The Bertz CT molecular complexity index is 102. The molecule has 1 saturated carbocycles. The molecule has 0 saturated heterocycles. The lowest BCUT2D eigenvalue weighted by Crippen LogP contribution is -2.45. The van der Waals surface area contributed by atoms with Gasteiger partial charge < -0.3 is 9.57 Å².